The molecule has 0 radical (unpaired) electrons. The van der Waals surface area contributed by atoms with Gasteiger partial charge >= 0.3 is 5.97 Å². The molecule has 1 saturated heterocycles. The number of benzene rings is 2. The zero-order valence-electron chi connectivity index (χ0n) is 12.6. The molecule has 8 heteroatoms. The highest BCUT2D eigenvalue weighted by atomic mass is 127. The number of halogens is 1. The summed E-state index contributed by atoms with van der Waals surface area (Å²) in [6.45, 7) is 0. The minimum absolute atomic E-state index is 0.124. The van der Waals surface area contributed by atoms with Crippen molar-refractivity contribution in [2.24, 2.45) is 0 Å². The molecule has 1 aliphatic rings. The molecule has 0 unspecified atom stereocenters. The first kappa shape index (κ1) is 17.0. The summed E-state index contributed by atoms with van der Waals surface area (Å²) >= 11 is 2.13. The van der Waals surface area contributed by atoms with Crippen LogP contribution in [0.25, 0.3) is 6.08 Å². The fourth-order valence-electron chi connectivity index (χ4n) is 2.31. The summed E-state index contributed by atoms with van der Waals surface area (Å²) in [4.78, 5) is 35.7. The molecule has 0 aliphatic carbocycles. The first-order valence-corrected chi connectivity index (χ1v) is 8.13. The monoisotopic (exact) mass is 450 g/mol. The normalized spacial score (nSPS) is 15.6. The standard InChI is InChI=1S/C17H11IN2O5/c18-10-2-4-11(5-3-10)20-16(23)13(15(22)19-20)8-9-1-6-14(21)12(7-9)17(24)25/h1-8,21H,(H,19,22)(H,24,25)/b13-8+. The Kier molecular flexibility index (Phi) is 4.45. The number of aromatic carboxylic acids is 1. The van der Waals surface area contributed by atoms with Gasteiger partial charge in [-0.2, -0.15) is 0 Å². The highest BCUT2D eigenvalue weighted by Gasteiger charge is 2.34. The SMILES string of the molecule is O=C1NN(c2ccc(I)cc2)C(=O)/C1=C/c1ccc(O)c(C(=O)O)c1. The third-order valence-electron chi connectivity index (χ3n) is 3.54. The first-order chi connectivity index (χ1) is 11.9. The molecule has 0 spiro atoms. The first-order valence-electron chi connectivity index (χ1n) is 7.06. The second-order valence-corrected chi connectivity index (χ2v) is 6.44. The summed E-state index contributed by atoms with van der Waals surface area (Å²) in [7, 11) is 0. The molecule has 0 atom stereocenters. The van der Waals surface area contributed by atoms with Crippen LogP contribution in [0.4, 0.5) is 5.69 Å². The molecule has 1 fully saturated rings. The molecule has 126 valence electrons. The molecule has 3 N–H and O–H groups in total. The average molecular weight is 450 g/mol. The highest BCUT2D eigenvalue weighted by molar-refractivity contribution is 14.1. The topological polar surface area (TPSA) is 107 Å². The number of aromatic hydroxyl groups is 1. The van der Waals surface area contributed by atoms with Gasteiger partial charge in [0.25, 0.3) is 11.8 Å². The predicted octanol–water partition coefficient (Wildman–Crippen LogP) is 2.16. The lowest BCUT2D eigenvalue weighted by molar-refractivity contribution is -0.117. The Bertz CT molecular complexity index is 921. The lowest BCUT2D eigenvalue weighted by atomic mass is 10.1. The molecule has 2 amide bonds. The highest BCUT2D eigenvalue weighted by Crippen LogP contribution is 2.24. The van der Waals surface area contributed by atoms with Gasteiger partial charge < -0.3 is 10.2 Å². The maximum Gasteiger partial charge on any atom is 0.339 e. The molecule has 0 bridgehead atoms. The summed E-state index contributed by atoms with van der Waals surface area (Å²) in [6.07, 6.45) is 1.29. The molecule has 0 aromatic heterocycles. The summed E-state index contributed by atoms with van der Waals surface area (Å²) in [5.74, 6) is -2.83. The van der Waals surface area contributed by atoms with Crippen LogP contribution in [0, 0.1) is 3.57 Å². The van der Waals surface area contributed by atoms with Gasteiger partial charge in [-0.15, -0.1) is 0 Å². The molecule has 25 heavy (non-hydrogen) atoms. The molecular weight excluding hydrogens is 439 g/mol. The number of amides is 2. The van der Waals surface area contributed by atoms with Crippen molar-refractivity contribution in [3.8, 4) is 5.75 Å². The van der Waals surface area contributed by atoms with E-state index in [1.807, 2.05) is 0 Å². The molecule has 1 heterocycles. The maximum absolute atomic E-state index is 12.5. The van der Waals surface area contributed by atoms with Crippen LogP contribution in [0.1, 0.15) is 15.9 Å². The van der Waals surface area contributed by atoms with E-state index in [2.05, 4.69) is 28.0 Å². The number of anilines is 1. The van der Waals surface area contributed by atoms with Crippen LogP contribution in [0.15, 0.2) is 48.0 Å². The quantitative estimate of drug-likeness (QED) is 0.378. The molecule has 1 aliphatic heterocycles. The van der Waals surface area contributed by atoms with Gasteiger partial charge in [-0.3, -0.25) is 15.0 Å². The minimum Gasteiger partial charge on any atom is -0.507 e. The Balaban J connectivity index is 1.95. The lowest BCUT2D eigenvalue weighted by Crippen LogP contribution is -2.35. The average Bonchev–Trinajstić information content (AvgIpc) is 2.85. The Morgan fingerprint density at radius 1 is 1.12 bits per heavy atom. The Morgan fingerprint density at radius 2 is 1.80 bits per heavy atom. The second-order valence-electron chi connectivity index (χ2n) is 5.20. The summed E-state index contributed by atoms with van der Waals surface area (Å²) in [5, 5.41) is 19.7. The van der Waals surface area contributed by atoms with E-state index in [-0.39, 0.29) is 11.1 Å². The largest absolute Gasteiger partial charge is 0.507 e. The number of nitrogens with zero attached hydrogens (tertiary/aromatic N) is 1. The van der Waals surface area contributed by atoms with Crippen molar-refractivity contribution in [3.05, 3.63) is 62.7 Å². The number of carbonyl (C=O) groups is 3. The molecule has 3 rings (SSSR count). The van der Waals surface area contributed by atoms with Crippen molar-refractivity contribution in [1.82, 2.24) is 5.43 Å². The van der Waals surface area contributed by atoms with Gasteiger partial charge in [0, 0.05) is 3.57 Å². The predicted molar refractivity (Wildman–Crippen MR) is 97.8 cm³/mol. The van der Waals surface area contributed by atoms with Gasteiger partial charge in [-0.05, 0) is 70.6 Å². The van der Waals surface area contributed by atoms with E-state index in [0.29, 0.717) is 11.3 Å². The lowest BCUT2D eigenvalue weighted by Gasteiger charge is -2.14. The maximum atomic E-state index is 12.5. The van der Waals surface area contributed by atoms with Crippen LogP contribution in [0.2, 0.25) is 0 Å². The third-order valence-corrected chi connectivity index (χ3v) is 4.26. The van der Waals surface area contributed by atoms with Crippen molar-refractivity contribution in [2.75, 3.05) is 5.01 Å². The van der Waals surface area contributed by atoms with E-state index in [1.165, 1.54) is 24.3 Å². The molecule has 2 aromatic carbocycles. The number of carboxylic acids is 1. The number of phenols is 1. The molecule has 0 saturated carbocycles. The van der Waals surface area contributed by atoms with E-state index in [4.69, 9.17) is 5.11 Å². The van der Waals surface area contributed by atoms with Crippen molar-refractivity contribution >= 4 is 52.1 Å². The molecular formula is C17H11IN2O5. The van der Waals surface area contributed by atoms with Crippen molar-refractivity contribution in [1.29, 1.82) is 0 Å². The van der Waals surface area contributed by atoms with Crippen LogP contribution in [0.5, 0.6) is 5.75 Å². The number of nitrogens with one attached hydrogen (secondary N) is 1. The third kappa shape index (κ3) is 3.33. The van der Waals surface area contributed by atoms with Crippen LogP contribution in [-0.2, 0) is 9.59 Å². The van der Waals surface area contributed by atoms with Gasteiger partial charge in [0.05, 0.1) is 5.69 Å². The number of hydrogen-bond donors (Lipinski definition) is 3. The van der Waals surface area contributed by atoms with Crippen LogP contribution in [0.3, 0.4) is 0 Å². The number of rotatable bonds is 3. The zero-order chi connectivity index (χ0) is 18.1. The summed E-state index contributed by atoms with van der Waals surface area (Å²) in [5.41, 5.74) is 2.86. The molecule has 7 nitrogen and oxygen atoms in total. The van der Waals surface area contributed by atoms with Crippen LogP contribution < -0.4 is 10.4 Å². The van der Waals surface area contributed by atoms with E-state index >= 15 is 0 Å². The zero-order valence-corrected chi connectivity index (χ0v) is 14.7. The second kappa shape index (κ2) is 6.55. The van der Waals surface area contributed by atoms with Crippen molar-refractivity contribution in [3.63, 3.8) is 0 Å². The number of carboxylic acid groups (broad SMARTS) is 1. The van der Waals surface area contributed by atoms with E-state index in [1.54, 1.807) is 24.3 Å². The van der Waals surface area contributed by atoms with Crippen LogP contribution >= 0.6 is 22.6 Å². The van der Waals surface area contributed by atoms with Crippen LogP contribution in [-0.4, -0.2) is 28.0 Å². The van der Waals surface area contributed by atoms with Gasteiger partial charge in [-0.25, -0.2) is 9.80 Å². The van der Waals surface area contributed by atoms with Gasteiger partial charge in [0.15, 0.2) is 0 Å². The van der Waals surface area contributed by atoms with Crippen molar-refractivity contribution < 1.29 is 24.6 Å². The van der Waals surface area contributed by atoms with Gasteiger partial charge in [-0.1, -0.05) is 6.07 Å². The van der Waals surface area contributed by atoms with E-state index in [0.717, 1.165) is 8.58 Å². The number of carbonyl (C=O) groups excluding carboxylic acids is 2. The Morgan fingerprint density at radius 3 is 2.44 bits per heavy atom. The Labute approximate surface area is 155 Å². The fourth-order valence-corrected chi connectivity index (χ4v) is 2.67. The minimum atomic E-state index is -1.31. The summed E-state index contributed by atoms with van der Waals surface area (Å²) in [6, 6.07) is 10.8. The van der Waals surface area contributed by atoms with E-state index < -0.39 is 23.5 Å². The molecule has 2 aromatic rings. The van der Waals surface area contributed by atoms with Crippen molar-refractivity contribution in [2.45, 2.75) is 0 Å². The van der Waals surface area contributed by atoms with E-state index in [9.17, 15) is 19.5 Å². The summed E-state index contributed by atoms with van der Waals surface area (Å²) < 4.78 is 0.986. The number of hydrogen-bond acceptors (Lipinski definition) is 4. The smallest absolute Gasteiger partial charge is 0.339 e. The van der Waals surface area contributed by atoms with Gasteiger partial charge in [0.1, 0.15) is 16.9 Å². The Hall–Kier alpha value is -2.88. The fraction of sp³-hybridized carbons (Fsp3) is 0. The van der Waals surface area contributed by atoms with Gasteiger partial charge in [0.2, 0.25) is 0 Å². The number of hydrazine groups is 1.